The summed E-state index contributed by atoms with van der Waals surface area (Å²) >= 11 is 0. The molecule has 0 bridgehead atoms. The Hall–Kier alpha value is -1.70. The average Bonchev–Trinajstić information content (AvgIpc) is 2.17. The normalized spacial score (nSPS) is 10.0. The van der Waals surface area contributed by atoms with Crippen molar-refractivity contribution in [2.45, 2.75) is 0 Å². The largest absolute Gasteiger partial charge is 0.264 e. The van der Waals surface area contributed by atoms with Gasteiger partial charge in [-0.05, 0) is 18.2 Å². The molecule has 0 spiro atoms. The second kappa shape index (κ2) is 2.74. The second-order valence-corrected chi connectivity index (χ2v) is 2.58. The summed E-state index contributed by atoms with van der Waals surface area (Å²) in [6.07, 6.45) is 3.83. The maximum Gasteiger partial charge on any atom is 0.177 e. The Kier molecular flexibility index (Phi) is 1.59. The Labute approximate surface area is 70.6 Å². The molecule has 1 aromatic heterocycles. The summed E-state index contributed by atoms with van der Waals surface area (Å²) in [4.78, 5) is 6.95. The van der Waals surface area contributed by atoms with E-state index in [0.29, 0.717) is 0 Å². The number of H-pyrrole nitrogens is 1. The first-order valence-corrected chi connectivity index (χ1v) is 3.77. The number of pyridine rings is 1. The number of nitrogens with one attached hydrogen (secondary N) is 1. The van der Waals surface area contributed by atoms with E-state index in [9.17, 15) is 0 Å². The number of nitrogens with zero attached hydrogens (tertiary/aromatic N) is 1. The molecule has 0 aliphatic carbocycles. The lowest BCUT2D eigenvalue weighted by Gasteiger charge is -1.95. The van der Waals surface area contributed by atoms with E-state index in [4.69, 9.17) is 0 Å². The summed E-state index contributed by atoms with van der Waals surface area (Å²) in [5, 5.41) is 2.29. The molecule has 58 valence electrons. The molecule has 0 amide bonds. The molecule has 0 aliphatic rings. The van der Waals surface area contributed by atoms with Crippen molar-refractivity contribution < 1.29 is 4.98 Å². The topological polar surface area (TPSA) is 26.5 Å². The van der Waals surface area contributed by atoms with Gasteiger partial charge in [-0.25, -0.2) is 4.98 Å². The van der Waals surface area contributed by atoms with E-state index in [0.717, 1.165) is 11.1 Å². The van der Waals surface area contributed by atoms with Crippen LogP contribution in [-0.2, 0) is 0 Å². The molecule has 2 heteroatoms. The molecule has 1 N–H and O–H groups in total. The van der Waals surface area contributed by atoms with Gasteiger partial charge in [-0.2, -0.15) is 0 Å². The quantitative estimate of drug-likeness (QED) is 0.566. The predicted molar refractivity (Wildman–Crippen MR) is 49.7 cm³/mol. The highest BCUT2D eigenvalue weighted by Gasteiger charge is 1.99. The van der Waals surface area contributed by atoms with Crippen molar-refractivity contribution in [1.29, 1.82) is 0 Å². The summed E-state index contributed by atoms with van der Waals surface area (Å²) in [6.45, 7) is 3.52. The maximum absolute atomic E-state index is 3.93. The van der Waals surface area contributed by atoms with Gasteiger partial charge in [0.15, 0.2) is 12.4 Å². The summed E-state index contributed by atoms with van der Waals surface area (Å²) in [5.74, 6) is 0. The van der Waals surface area contributed by atoms with Crippen LogP contribution in [0.1, 0.15) is 0 Å². The van der Waals surface area contributed by atoms with Crippen molar-refractivity contribution in [1.82, 2.24) is 0 Å². The summed E-state index contributed by atoms with van der Waals surface area (Å²) in [5.41, 5.74) is 0.921. The molecule has 0 radical (unpaired) electrons. The van der Waals surface area contributed by atoms with Crippen molar-refractivity contribution >= 4 is 23.2 Å². The van der Waals surface area contributed by atoms with Gasteiger partial charge in [0, 0.05) is 6.07 Å². The van der Waals surface area contributed by atoms with Crippen LogP contribution in [0.25, 0.3) is 10.8 Å². The third-order valence-electron chi connectivity index (χ3n) is 1.87. The number of aromatic nitrogens is 1. The van der Waals surface area contributed by atoms with E-state index in [2.05, 4.69) is 22.8 Å². The average molecular weight is 157 g/mol. The molecule has 0 saturated carbocycles. The predicted octanol–water partition coefficient (Wildman–Crippen LogP) is 1.99. The zero-order valence-corrected chi connectivity index (χ0v) is 6.62. The number of hydrogen-bond acceptors (Lipinski definition) is 1. The fourth-order valence-corrected chi connectivity index (χ4v) is 1.28. The van der Waals surface area contributed by atoms with Gasteiger partial charge < -0.3 is 0 Å². The molecule has 0 aliphatic heterocycles. The summed E-state index contributed by atoms with van der Waals surface area (Å²) < 4.78 is 0. The minimum atomic E-state index is 0.921. The van der Waals surface area contributed by atoms with E-state index >= 15 is 0 Å². The Balaban J connectivity index is 2.88. The monoisotopic (exact) mass is 157 g/mol. The molecule has 12 heavy (non-hydrogen) atoms. The molecular weight excluding hydrogens is 148 g/mol. The lowest BCUT2D eigenvalue weighted by Crippen LogP contribution is -1.96. The van der Waals surface area contributed by atoms with Crippen molar-refractivity contribution in [2.24, 2.45) is 4.99 Å². The summed E-state index contributed by atoms with van der Waals surface area (Å²) in [7, 11) is 0. The molecule has 0 fully saturated rings. The lowest BCUT2D eigenvalue weighted by atomic mass is 10.1. The zero-order chi connectivity index (χ0) is 8.39. The fraction of sp³-hybridized carbons (Fsp3) is 0. The van der Waals surface area contributed by atoms with Crippen LogP contribution in [0.4, 0.5) is 5.69 Å². The second-order valence-electron chi connectivity index (χ2n) is 2.58. The number of benzene rings is 1. The van der Waals surface area contributed by atoms with Crippen molar-refractivity contribution in [2.75, 3.05) is 0 Å². The Morgan fingerprint density at radius 3 is 3.00 bits per heavy atom. The molecule has 1 heterocycles. The molecule has 0 unspecified atom stereocenters. The molecule has 0 saturated heterocycles. The van der Waals surface area contributed by atoms with Crippen LogP contribution >= 0.6 is 0 Å². The lowest BCUT2D eigenvalue weighted by molar-refractivity contribution is -0.375. The van der Waals surface area contributed by atoms with Crippen molar-refractivity contribution in [3.05, 3.63) is 36.7 Å². The number of fused-ring (bicyclic) bond motifs is 1. The highest BCUT2D eigenvalue weighted by atomic mass is 14.7. The number of aliphatic imine (C=N–C) groups is 1. The van der Waals surface area contributed by atoms with Crippen LogP contribution in [0.2, 0.25) is 0 Å². The fourth-order valence-electron chi connectivity index (χ4n) is 1.28. The third kappa shape index (κ3) is 0.975. The molecule has 2 rings (SSSR count). The van der Waals surface area contributed by atoms with Crippen molar-refractivity contribution in [3.8, 4) is 0 Å². The van der Waals surface area contributed by atoms with Gasteiger partial charge in [-0.1, -0.05) is 12.1 Å². The molecule has 2 aromatic rings. The van der Waals surface area contributed by atoms with E-state index in [1.807, 2.05) is 30.6 Å². The molecule has 0 atom stereocenters. The highest BCUT2D eigenvalue weighted by Crippen LogP contribution is 2.22. The minimum Gasteiger partial charge on any atom is -0.264 e. The van der Waals surface area contributed by atoms with Gasteiger partial charge >= 0.3 is 0 Å². The number of aromatic amines is 1. The number of hydrogen-bond donors (Lipinski definition) is 0. The molecular formula is C10H9N2+. The molecule has 2 nitrogen and oxygen atoms in total. The molecule has 1 aromatic carbocycles. The van der Waals surface area contributed by atoms with Gasteiger partial charge in [-0.3, -0.25) is 4.99 Å². The highest BCUT2D eigenvalue weighted by molar-refractivity contribution is 5.91. The first-order chi connectivity index (χ1) is 5.92. The Morgan fingerprint density at radius 2 is 2.17 bits per heavy atom. The maximum atomic E-state index is 3.93. The van der Waals surface area contributed by atoms with Crippen LogP contribution in [0.5, 0.6) is 0 Å². The van der Waals surface area contributed by atoms with Gasteiger partial charge in [0.05, 0.1) is 11.1 Å². The minimum absolute atomic E-state index is 0.921. The van der Waals surface area contributed by atoms with Crippen LogP contribution in [0.15, 0.2) is 41.7 Å². The van der Waals surface area contributed by atoms with E-state index in [-0.39, 0.29) is 0 Å². The van der Waals surface area contributed by atoms with Crippen molar-refractivity contribution in [3.63, 3.8) is 0 Å². The van der Waals surface area contributed by atoms with Gasteiger partial charge in [-0.15, -0.1) is 0 Å². The van der Waals surface area contributed by atoms with Gasteiger partial charge in [0.25, 0.3) is 0 Å². The summed E-state index contributed by atoms with van der Waals surface area (Å²) in [6, 6.07) is 8.00. The standard InChI is InChI=1S/C10H8N2/c1-11-10-4-2-3-8-5-6-12-7-9(8)10/h2-7H,1H2/p+1. The van der Waals surface area contributed by atoms with E-state index in [1.165, 1.54) is 5.39 Å². The third-order valence-corrected chi connectivity index (χ3v) is 1.87. The van der Waals surface area contributed by atoms with Crippen LogP contribution in [0, 0.1) is 0 Å². The van der Waals surface area contributed by atoms with Crippen LogP contribution in [-0.4, -0.2) is 6.72 Å². The van der Waals surface area contributed by atoms with Gasteiger partial charge in [0.1, 0.15) is 0 Å². The van der Waals surface area contributed by atoms with Gasteiger partial charge in [0.2, 0.25) is 0 Å². The first kappa shape index (κ1) is 6.98. The van der Waals surface area contributed by atoms with E-state index < -0.39 is 0 Å². The first-order valence-electron chi connectivity index (χ1n) is 3.77. The van der Waals surface area contributed by atoms with Crippen LogP contribution < -0.4 is 4.98 Å². The van der Waals surface area contributed by atoms with E-state index in [1.54, 1.807) is 0 Å². The Morgan fingerprint density at radius 1 is 1.25 bits per heavy atom. The smallest absolute Gasteiger partial charge is 0.177 e. The Bertz CT molecular complexity index is 416. The zero-order valence-electron chi connectivity index (χ0n) is 6.62. The van der Waals surface area contributed by atoms with Crippen LogP contribution in [0.3, 0.4) is 0 Å². The number of rotatable bonds is 1. The SMILES string of the molecule is C=Nc1cccc2cc[nH+]cc12.